The highest BCUT2D eigenvalue weighted by Gasteiger charge is 2.19. The third kappa shape index (κ3) is 4.49. The van der Waals surface area contributed by atoms with Crippen LogP contribution in [0.3, 0.4) is 0 Å². The van der Waals surface area contributed by atoms with Crippen LogP contribution < -0.4 is 4.74 Å². The molecule has 3 heteroatoms. The van der Waals surface area contributed by atoms with Gasteiger partial charge in [0.05, 0.1) is 13.7 Å². The van der Waals surface area contributed by atoms with Crippen LogP contribution in [0.2, 0.25) is 0 Å². The molecule has 0 aromatic heterocycles. The molecule has 1 saturated heterocycles. The second-order valence-electron chi connectivity index (χ2n) is 5.62. The summed E-state index contributed by atoms with van der Waals surface area (Å²) in [4.78, 5) is 2.52. The molecule has 2 rings (SSSR count). The minimum absolute atomic E-state index is 0.112. The Kier molecular flexibility index (Phi) is 6.10. The van der Waals surface area contributed by atoms with Crippen molar-refractivity contribution in [2.45, 2.75) is 45.2 Å². The predicted molar refractivity (Wildman–Crippen MR) is 85.3 cm³/mol. The van der Waals surface area contributed by atoms with E-state index >= 15 is 0 Å². The first kappa shape index (κ1) is 15.9. The number of aliphatic hydroxyl groups is 1. The Balaban J connectivity index is 2.15. The van der Waals surface area contributed by atoms with Gasteiger partial charge in [0.2, 0.25) is 0 Å². The van der Waals surface area contributed by atoms with Gasteiger partial charge in [-0.2, -0.15) is 0 Å². The largest absolute Gasteiger partial charge is 0.496 e. The number of aliphatic hydroxyl groups excluding tert-OH is 1. The second kappa shape index (κ2) is 8.07. The summed E-state index contributed by atoms with van der Waals surface area (Å²) in [5, 5.41) is 8.80. The van der Waals surface area contributed by atoms with Gasteiger partial charge >= 0.3 is 0 Å². The van der Waals surface area contributed by atoms with Crippen molar-refractivity contribution in [2.75, 3.05) is 20.3 Å². The van der Waals surface area contributed by atoms with E-state index in [9.17, 15) is 0 Å². The summed E-state index contributed by atoms with van der Waals surface area (Å²) in [6.07, 6.45) is 4.41. The lowest BCUT2D eigenvalue weighted by Crippen LogP contribution is -2.36. The fourth-order valence-corrected chi connectivity index (χ4v) is 2.81. The van der Waals surface area contributed by atoms with Crippen LogP contribution in [0, 0.1) is 11.8 Å². The first-order valence-corrected chi connectivity index (χ1v) is 7.75. The number of rotatable bonds is 4. The zero-order valence-corrected chi connectivity index (χ0v) is 13.1. The van der Waals surface area contributed by atoms with Gasteiger partial charge < -0.3 is 9.84 Å². The number of hydrogen-bond acceptors (Lipinski definition) is 3. The maximum atomic E-state index is 8.80. The number of hydrogen-bond donors (Lipinski definition) is 1. The highest BCUT2D eigenvalue weighted by Crippen LogP contribution is 2.25. The van der Waals surface area contributed by atoms with Gasteiger partial charge in [-0.1, -0.05) is 18.3 Å². The monoisotopic (exact) mass is 287 g/mol. The normalized spacial score (nSPS) is 18.9. The maximum absolute atomic E-state index is 8.80. The molecule has 0 spiro atoms. The average molecular weight is 287 g/mol. The van der Waals surface area contributed by atoms with E-state index in [2.05, 4.69) is 29.7 Å². The SMILES string of the molecule is COc1ccc(C#CCCO)cc1CN1CCCCC1C. The van der Waals surface area contributed by atoms with Crippen molar-refractivity contribution in [2.24, 2.45) is 0 Å². The van der Waals surface area contributed by atoms with Gasteiger partial charge in [0, 0.05) is 30.1 Å². The van der Waals surface area contributed by atoms with E-state index in [-0.39, 0.29) is 6.61 Å². The Bertz CT molecular complexity index is 516. The Morgan fingerprint density at radius 3 is 2.95 bits per heavy atom. The molecule has 3 nitrogen and oxygen atoms in total. The Labute approximate surface area is 127 Å². The van der Waals surface area contributed by atoms with Crippen LogP contribution in [0.5, 0.6) is 5.75 Å². The summed E-state index contributed by atoms with van der Waals surface area (Å²) >= 11 is 0. The van der Waals surface area contributed by atoms with Crippen LogP contribution in [0.15, 0.2) is 18.2 Å². The van der Waals surface area contributed by atoms with E-state index in [1.807, 2.05) is 12.1 Å². The summed E-state index contributed by atoms with van der Waals surface area (Å²) in [6.45, 7) is 4.49. The van der Waals surface area contributed by atoms with Gasteiger partial charge in [0.1, 0.15) is 5.75 Å². The van der Waals surface area contributed by atoms with E-state index in [0.717, 1.165) is 24.4 Å². The third-order valence-corrected chi connectivity index (χ3v) is 4.06. The molecule has 1 aromatic rings. The van der Waals surface area contributed by atoms with Crippen molar-refractivity contribution in [3.8, 4) is 17.6 Å². The summed E-state index contributed by atoms with van der Waals surface area (Å²) in [5.41, 5.74) is 2.19. The van der Waals surface area contributed by atoms with E-state index < -0.39 is 0 Å². The Hall–Kier alpha value is -1.50. The summed E-state index contributed by atoms with van der Waals surface area (Å²) in [7, 11) is 1.72. The van der Waals surface area contributed by atoms with Crippen LogP contribution in [0.25, 0.3) is 0 Å². The molecule has 1 unspecified atom stereocenters. The highest BCUT2D eigenvalue weighted by atomic mass is 16.5. The zero-order valence-electron chi connectivity index (χ0n) is 13.1. The van der Waals surface area contributed by atoms with Gasteiger partial charge in [-0.15, -0.1) is 0 Å². The molecule has 0 bridgehead atoms. The van der Waals surface area contributed by atoms with Crippen LogP contribution in [-0.2, 0) is 6.54 Å². The van der Waals surface area contributed by atoms with Crippen molar-refractivity contribution in [3.63, 3.8) is 0 Å². The molecular formula is C18H25NO2. The van der Waals surface area contributed by atoms with Gasteiger partial charge in [0.25, 0.3) is 0 Å². The minimum Gasteiger partial charge on any atom is -0.496 e. The number of piperidine rings is 1. The number of ether oxygens (including phenoxy) is 1. The molecule has 1 atom stereocenters. The maximum Gasteiger partial charge on any atom is 0.123 e. The smallest absolute Gasteiger partial charge is 0.123 e. The molecule has 1 aliphatic heterocycles. The van der Waals surface area contributed by atoms with Gasteiger partial charge in [-0.3, -0.25) is 4.90 Å². The van der Waals surface area contributed by atoms with Gasteiger partial charge in [-0.25, -0.2) is 0 Å². The minimum atomic E-state index is 0.112. The molecule has 0 aliphatic carbocycles. The van der Waals surface area contributed by atoms with Crippen molar-refractivity contribution >= 4 is 0 Å². The molecule has 1 fully saturated rings. The van der Waals surface area contributed by atoms with Crippen molar-refractivity contribution in [3.05, 3.63) is 29.3 Å². The van der Waals surface area contributed by atoms with E-state index in [4.69, 9.17) is 9.84 Å². The molecule has 1 heterocycles. The molecule has 1 N–H and O–H groups in total. The van der Waals surface area contributed by atoms with E-state index in [1.165, 1.54) is 24.8 Å². The molecule has 114 valence electrons. The molecule has 0 amide bonds. The molecule has 0 saturated carbocycles. The van der Waals surface area contributed by atoms with Crippen LogP contribution in [0.4, 0.5) is 0 Å². The lowest BCUT2D eigenvalue weighted by molar-refractivity contribution is 0.151. The zero-order chi connectivity index (χ0) is 15.1. The second-order valence-corrected chi connectivity index (χ2v) is 5.62. The lowest BCUT2D eigenvalue weighted by atomic mass is 10.0. The van der Waals surface area contributed by atoms with E-state index in [1.54, 1.807) is 7.11 Å². The van der Waals surface area contributed by atoms with Crippen LogP contribution in [0.1, 0.15) is 43.7 Å². The van der Waals surface area contributed by atoms with Gasteiger partial charge in [0.15, 0.2) is 0 Å². The fourth-order valence-electron chi connectivity index (χ4n) is 2.81. The fraction of sp³-hybridized carbons (Fsp3) is 0.556. The topological polar surface area (TPSA) is 32.7 Å². The average Bonchev–Trinajstić information content (AvgIpc) is 2.50. The standard InChI is InChI=1S/C18H25NO2/c1-15-7-3-5-11-19(15)14-17-13-16(8-4-6-12-20)9-10-18(17)21-2/h9-10,13,15,20H,3,5-7,11-12,14H2,1-2H3. The molecule has 0 radical (unpaired) electrons. The van der Waals surface area contributed by atoms with Crippen molar-refractivity contribution in [1.29, 1.82) is 0 Å². The third-order valence-electron chi connectivity index (χ3n) is 4.06. The summed E-state index contributed by atoms with van der Waals surface area (Å²) < 4.78 is 5.49. The first-order valence-electron chi connectivity index (χ1n) is 7.75. The molecule has 1 aliphatic rings. The lowest BCUT2D eigenvalue weighted by Gasteiger charge is -2.33. The Morgan fingerprint density at radius 2 is 2.24 bits per heavy atom. The molecular weight excluding hydrogens is 262 g/mol. The van der Waals surface area contributed by atoms with Gasteiger partial charge in [-0.05, 0) is 44.5 Å². The van der Waals surface area contributed by atoms with Crippen molar-refractivity contribution in [1.82, 2.24) is 4.90 Å². The summed E-state index contributed by atoms with van der Waals surface area (Å²) in [6, 6.07) is 6.72. The van der Waals surface area contributed by atoms with Crippen LogP contribution in [-0.4, -0.2) is 36.3 Å². The Morgan fingerprint density at radius 1 is 1.38 bits per heavy atom. The highest BCUT2D eigenvalue weighted by molar-refractivity contribution is 5.44. The first-order chi connectivity index (χ1) is 10.2. The number of benzene rings is 1. The molecule has 1 aromatic carbocycles. The number of likely N-dealkylation sites (tertiary alicyclic amines) is 1. The quantitative estimate of drug-likeness (QED) is 0.864. The van der Waals surface area contributed by atoms with E-state index in [0.29, 0.717) is 12.5 Å². The summed E-state index contributed by atoms with van der Waals surface area (Å²) in [5.74, 6) is 7.01. The van der Waals surface area contributed by atoms with Crippen molar-refractivity contribution < 1.29 is 9.84 Å². The number of methoxy groups -OCH3 is 1. The van der Waals surface area contributed by atoms with Crippen LogP contribution >= 0.6 is 0 Å². The predicted octanol–water partition coefficient (Wildman–Crippen LogP) is 2.80. The molecule has 21 heavy (non-hydrogen) atoms. The number of nitrogens with zero attached hydrogens (tertiary/aromatic N) is 1.